The molecule has 1 aliphatic heterocycles. The van der Waals surface area contributed by atoms with E-state index in [1.807, 2.05) is 37.2 Å². The van der Waals surface area contributed by atoms with Gasteiger partial charge in [-0.15, -0.1) is 0 Å². The Morgan fingerprint density at radius 1 is 1.36 bits per heavy atom. The molecule has 0 amide bonds. The number of hydrogen-bond acceptors (Lipinski definition) is 5. The number of likely N-dealkylation sites (N-methyl/N-ethyl adjacent to an activating group) is 1. The van der Waals surface area contributed by atoms with Gasteiger partial charge in [0.2, 0.25) is 0 Å². The van der Waals surface area contributed by atoms with E-state index in [1.165, 1.54) is 0 Å². The molecule has 3 heterocycles. The topological polar surface area (TPSA) is 64.6 Å². The third-order valence-electron chi connectivity index (χ3n) is 4.74. The number of fused-ring (bicyclic) bond motifs is 1. The van der Waals surface area contributed by atoms with Crippen LogP contribution in [0, 0.1) is 23.2 Å². The first-order valence-corrected chi connectivity index (χ1v) is 8.76. The van der Waals surface area contributed by atoms with Crippen LogP contribution in [0.5, 0.6) is 0 Å². The van der Waals surface area contributed by atoms with Crippen LogP contribution in [-0.4, -0.2) is 54.0 Å². The number of ketones is 1. The highest BCUT2D eigenvalue weighted by Crippen LogP contribution is 2.31. The van der Waals surface area contributed by atoms with Crippen molar-refractivity contribution in [1.82, 2.24) is 14.5 Å². The van der Waals surface area contributed by atoms with Crippen molar-refractivity contribution < 1.29 is 4.79 Å². The molecule has 0 spiro atoms. The Morgan fingerprint density at radius 2 is 2.16 bits per heavy atom. The number of nitriles is 1. The van der Waals surface area contributed by atoms with E-state index >= 15 is 0 Å². The second-order valence-electron chi connectivity index (χ2n) is 7.44. The summed E-state index contributed by atoms with van der Waals surface area (Å²) in [6.45, 7) is 4.59. The normalized spacial score (nSPS) is 20.8. The predicted octanol–water partition coefficient (Wildman–Crippen LogP) is 2.19. The number of rotatable bonds is 5. The lowest BCUT2D eigenvalue weighted by Gasteiger charge is -2.38. The highest BCUT2D eigenvalue weighted by atomic mass is 16.1. The number of nitrogens with zero attached hydrogens (tertiary/aromatic N) is 5. The fourth-order valence-corrected chi connectivity index (χ4v) is 3.92. The first-order chi connectivity index (χ1) is 12.0. The Bertz CT molecular complexity index is 804. The molecule has 2 aromatic rings. The molecular weight excluding hydrogens is 314 g/mol. The Hall–Kier alpha value is -2.39. The molecule has 0 bridgehead atoms. The molecule has 0 saturated carbocycles. The highest BCUT2D eigenvalue weighted by Gasteiger charge is 2.28. The summed E-state index contributed by atoms with van der Waals surface area (Å²) in [6, 6.07) is 7.95. The highest BCUT2D eigenvalue weighted by molar-refractivity contribution is 5.81. The molecule has 132 valence electrons. The van der Waals surface area contributed by atoms with Gasteiger partial charge in [-0.1, -0.05) is 6.92 Å². The standard InChI is InChI=1S/C19H25N5O/c1-14-8-15(9-17(25)13-22(2)3)12-23(11-14)18-5-4-16(10-20)24-19(18)6-7-21-24/h4-7,14-15H,8-9,11-13H2,1-3H3/t14-,15-/m0/s1. The summed E-state index contributed by atoms with van der Waals surface area (Å²) in [4.78, 5) is 16.5. The maximum Gasteiger partial charge on any atom is 0.147 e. The number of pyridine rings is 1. The van der Waals surface area contributed by atoms with Crippen LogP contribution < -0.4 is 4.90 Å². The average Bonchev–Trinajstić information content (AvgIpc) is 3.01. The van der Waals surface area contributed by atoms with Gasteiger partial charge in [-0.25, -0.2) is 4.52 Å². The molecule has 0 aliphatic carbocycles. The zero-order chi connectivity index (χ0) is 18.0. The largest absolute Gasteiger partial charge is 0.369 e. The van der Waals surface area contributed by atoms with Gasteiger partial charge < -0.3 is 9.80 Å². The van der Waals surface area contributed by atoms with Gasteiger partial charge in [0, 0.05) is 19.5 Å². The van der Waals surface area contributed by atoms with Gasteiger partial charge in [-0.05, 0) is 50.6 Å². The van der Waals surface area contributed by atoms with Crippen molar-refractivity contribution >= 4 is 17.0 Å². The van der Waals surface area contributed by atoms with Crippen LogP contribution in [0.1, 0.15) is 25.5 Å². The van der Waals surface area contributed by atoms with Gasteiger partial charge in [-0.3, -0.25) is 4.79 Å². The van der Waals surface area contributed by atoms with E-state index in [4.69, 9.17) is 0 Å². The molecule has 3 rings (SSSR count). The Kier molecular flexibility index (Phi) is 5.05. The zero-order valence-corrected chi connectivity index (χ0v) is 15.1. The Labute approximate surface area is 148 Å². The van der Waals surface area contributed by atoms with E-state index in [0.717, 1.165) is 30.7 Å². The summed E-state index contributed by atoms with van der Waals surface area (Å²) in [5, 5.41) is 13.5. The minimum atomic E-state index is 0.304. The van der Waals surface area contributed by atoms with Crippen molar-refractivity contribution in [2.45, 2.75) is 19.8 Å². The Balaban J connectivity index is 1.82. The zero-order valence-electron chi connectivity index (χ0n) is 15.1. The fourth-order valence-electron chi connectivity index (χ4n) is 3.92. The Morgan fingerprint density at radius 3 is 2.88 bits per heavy atom. The smallest absolute Gasteiger partial charge is 0.147 e. The predicted molar refractivity (Wildman–Crippen MR) is 97.6 cm³/mol. The molecule has 2 atom stereocenters. The van der Waals surface area contributed by atoms with Crippen molar-refractivity contribution in [3.05, 3.63) is 30.1 Å². The molecule has 1 fully saturated rings. The summed E-state index contributed by atoms with van der Waals surface area (Å²) in [5.41, 5.74) is 2.58. The van der Waals surface area contributed by atoms with E-state index < -0.39 is 0 Å². The van der Waals surface area contributed by atoms with Crippen molar-refractivity contribution in [2.75, 3.05) is 38.6 Å². The van der Waals surface area contributed by atoms with E-state index in [2.05, 4.69) is 23.0 Å². The van der Waals surface area contributed by atoms with Gasteiger partial charge in [-0.2, -0.15) is 10.4 Å². The van der Waals surface area contributed by atoms with Crippen LogP contribution in [0.2, 0.25) is 0 Å². The first kappa shape index (κ1) is 17.4. The maximum absolute atomic E-state index is 12.2. The molecule has 25 heavy (non-hydrogen) atoms. The third kappa shape index (κ3) is 3.83. The lowest BCUT2D eigenvalue weighted by molar-refractivity contribution is -0.120. The van der Waals surface area contributed by atoms with E-state index in [1.54, 1.807) is 10.7 Å². The second-order valence-corrected chi connectivity index (χ2v) is 7.44. The second kappa shape index (κ2) is 7.24. The summed E-state index contributed by atoms with van der Waals surface area (Å²) in [7, 11) is 3.86. The molecule has 2 aromatic heterocycles. The fraction of sp³-hybridized carbons (Fsp3) is 0.526. The molecule has 6 heteroatoms. The molecule has 0 N–H and O–H groups in total. The quantitative estimate of drug-likeness (QED) is 0.835. The monoisotopic (exact) mass is 339 g/mol. The maximum atomic E-state index is 12.2. The third-order valence-corrected chi connectivity index (χ3v) is 4.74. The van der Waals surface area contributed by atoms with Crippen LogP contribution in [0.15, 0.2) is 24.4 Å². The van der Waals surface area contributed by atoms with E-state index in [0.29, 0.717) is 36.3 Å². The summed E-state index contributed by atoms with van der Waals surface area (Å²) >= 11 is 0. The summed E-state index contributed by atoms with van der Waals surface area (Å²) in [5.74, 6) is 1.21. The van der Waals surface area contributed by atoms with Crippen LogP contribution in [-0.2, 0) is 4.79 Å². The number of Topliss-reactive ketones (excluding diaryl/α,β-unsaturated/α-hetero) is 1. The van der Waals surface area contributed by atoms with Crippen molar-refractivity contribution in [2.24, 2.45) is 11.8 Å². The molecule has 0 aromatic carbocycles. The number of carbonyl (C=O) groups excluding carboxylic acids is 1. The van der Waals surface area contributed by atoms with E-state index in [9.17, 15) is 10.1 Å². The van der Waals surface area contributed by atoms with Gasteiger partial charge in [0.1, 0.15) is 17.5 Å². The van der Waals surface area contributed by atoms with Crippen LogP contribution in [0.25, 0.3) is 5.52 Å². The molecule has 1 aliphatic rings. The molecule has 6 nitrogen and oxygen atoms in total. The summed E-state index contributed by atoms with van der Waals surface area (Å²) < 4.78 is 1.70. The minimum absolute atomic E-state index is 0.304. The number of hydrogen-bond donors (Lipinski definition) is 0. The van der Waals surface area contributed by atoms with E-state index in [-0.39, 0.29) is 0 Å². The van der Waals surface area contributed by atoms with Gasteiger partial charge >= 0.3 is 0 Å². The molecule has 0 unspecified atom stereocenters. The minimum Gasteiger partial charge on any atom is -0.369 e. The van der Waals surface area contributed by atoms with Gasteiger partial charge in [0.05, 0.1) is 23.9 Å². The van der Waals surface area contributed by atoms with Crippen molar-refractivity contribution in [3.63, 3.8) is 0 Å². The first-order valence-electron chi connectivity index (χ1n) is 8.76. The van der Waals surface area contributed by atoms with Crippen LogP contribution in [0.3, 0.4) is 0 Å². The lowest BCUT2D eigenvalue weighted by atomic mass is 9.86. The molecule has 0 radical (unpaired) electrons. The average molecular weight is 339 g/mol. The van der Waals surface area contributed by atoms with Gasteiger partial charge in [0.15, 0.2) is 0 Å². The van der Waals surface area contributed by atoms with Crippen molar-refractivity contribution in [1.29, 1.82) is 5.26 Å². The number of carbonyl (C=O) groups is 1. The van der Waals surface area contributed by atoms with Crippen LogP contribution >= 0.6 is 0 Å². The molecular formula is C19H25N5O. The number of piperidine rings is 1. The van der Waals surface area contributed by atoms with Gasteiger partial charge in [0.25, 0.3) is 0 Å². The van der Waals surface area contributed by atoms with Crippen molar-refractivity contribution in [3.8, 4) is 6.07 Å². The SMILES string of the molecule is C[C@H]1C[C@@H](CC(=O)CN(C)C)CN(c2ccc(C#N)n3nccc23)C1. The molecule has 1 saturated heterocycles. The van der Waals surface area contributed by atoms with Crippen LogP contribution in [0.4, 0.5) is 5.69 Å². The lowest BCUT2D eigenvalue weighted by Crippen LogP contribution is -2.41. The summed E-state index contributed by atoms with van der Waals surface area (Å²) in [6.07, 6.45) is 3.44. The number of aromatic nitrogens is 2. The number of anilines is 1.